The van der Waals surface area contributed by atoms with E-state index in [9.17, 15) is 9.18 Å². The van der Waals surface area contributed by atoms with Crippen LogP contribution in [0.1, 0.15) is 66.2 Å². The van der Waals surface area contributed by atoms with Gasteiger partial charge in [0, 0.05) is 29.8 Å². The Hall–Kier alpha value is -4.66. The number of benzene rings is 2. The molecule has 198 valence electrons. The molecule has 6 rings (SSSR count). The van der Waals surface area contributed by atoms with Crippen LogP contribution in [0.5, 0.6) is 11.5 Å². The van der Waals surface area contributed by atoms with Gasteiger partial charge in [0.05, 0.1) is 18.5 Å². The molecule has 0 atom stereocenters. The second kappa shape index (κ2) is 9.58. The number of rotatable bonds is 5. The molecule has 0 bridgehead atoms. The number of allylic oxidation sites excluding steroid dienone is 1. The van der Waals surface area contributed by atoms with E-state index in [0.717, 1.165) is 45.0 Å². The molecule has 0 unspecified atom stereocenters. The second-order valence-electron chi connectivity index (χ2n) is 9.91. The van der Waals surface area contributed by atoms with Crippen LogP contribution in [0.15, 0.2) is 64.0 Å². The molecule has 0 spiro atoms. The molecule has 8 nitrogen and oxygen atoms in total. The van der Waals surface area contributed by atoms with Crippen molar-refractivity contribution in [3.8, 4) is 11.5 Å². The average molecular weight is 527 g/mol. The van der Waals surface area contributed by atoms with Gasteiger partial charge in [-0.15, -0.1) is 0 Å². The maximum atomic E-state index is 14.2. The fourth-order valence-corrected chi connectivity index (χ4v) is 5.26. The number of imidazole rings is 1. The highest BCUT2D eigenvalue weighted by atomic mass is 19.1. The first-order valence-electron chi connectivity index (χ1n) is 12.7. The van der Waals surface area contributed by atoms with Gasteiger partial charge in [-0.25, -0.2) is 14.2 Å². The van der Waals surface area contributed by atoms with E-state index in [1.165, 1.54) is 12.1 Å². The summed E-state index contributed by atoms with van der Waals surface area (Å²) >= 11 is 0. The minimum atomic E-state index is -0.643. The SMILES string of the molecule is COc1cccn2c(Cc3ccc4c(c3)COc3cc(F)ccc3C4=C(C)c3noc(=O)[nH]3)c(C(C)C)nc12. The van der Waals surface area contributed by atoms with E-state index >= 15 is 0 Å². The zero-order valence-electron chi connectivity index (χ0n) is 22.0. The molecule has 9 heteroatoms. The van der Waals surface area contributed by atoms with Gasteiger partial charge in [0.2, 0.25) is 0 Å². The van der Waals surface area contributed by atoms with Crippen LogP contribution in [-0.2, 0) is 13.0 Å². The Morgan fingerprint density at radius 1 is 1.18 bits per heavy atom. The van der Waals surface area contributed by atoms with Crippen molar-refractivity contribution in [3.05, 3.63) is 111 Å². The maximum Gasteiger partial charge on any atom is 0.439 e. The number of nitrogens with one attached hydrogen (secondary N) is 1. The molecule has 5 aromatic rings. The Kier molecular flexibility index (Phi) is 6.06. The molecule has 1 aliphatic rings. The number of nitrogens with zero attached hydrogens (tertiary/aromatic N) is 3. The Morgan fingerprint density at radius 2 is 2.00 bits per heavy atom. The van der Waals surface area contributed by atoms with Crippen LogP contribution in [0.3, 0.4) is 0 Å². The number of H-pyrrole nitrogens is 1. The van der Waals surface area contributed by atoms with Gasteiger partial charge >= 0.3 is 5.76 Å². The predicted molar refractivity (Wildman–Crippen MR) is 145 cm³/mol. The lowest BCUT2D eigenvalue weighted by Crippen LogP contribution is -2.03. The molecule has 4 heterocycles. The molecule has 1 aliphatic heterocycles. The average Bonchev–Trinajstić information content (AvgIpc) is 3.48. The molecular formula is C30H27FN4O4. The van der Waals surface area contributed by atoms with Gasteiger partial charge in [-0.1, -0.05) is 37.2 Å². The van der Waals surface area contributed by atoms with E-state index in [2.05, 4.69) is 40.5 Å². The van der Waals surface area contributed by atoms with Crippen LogP contribution in [-0.4, -0.2) is 26.6 Å². The molecule has 1 N–H and O–H groups in total. The van der Waals surface area contributed by atoms with E-state index in [-0.39, 0.29) is 12.5 Å². The molecule has 0 radical (unpaired) electrons. The van der Waals surface area contributed by atoms with E-state index < -0.39 is 11.6 Å². The minimum absolute atomic E-state index is 0.222. The Labute approximate surface area is 223 Å². The summed E-state index contributed by atoms with van der Waals surface area (Å²) in [4.78, 5) is 19.2. The highest BCUT2D eigenvalue weighted by Crippen LogP contribution is 2.41. The monoisotopic (exact) mass is 526 g/mol. The van der Waals surface area contributed by atoms with Gasteiger partial charge in [0.25, 0.3) is 0 Å². The summed E-state index contributed by atoms with van der Waals surface area (Å²) in [6.45, 7) is 6.36. The normalized spacial score (nSPS) is 14.1. The van der Waals surface area contributed by atoms with Gasteiger partial charge in [-0.2, -0.15) is 0 Å². The van der Waals surface area contributed by atoms with E-state index in [0.29, 0.717) is 29.1 Å². The third-order valence-electron chi connectivity index (χ3n) is 7.09. The van der Waals surface area contributed by atoms with E-state index in [1.807, 2.05) is 31.3 Å². The topological polar surface area (TPSA) is 94.6 Å². The summed E-state index contributed by atoms with van der Waals surface area (Å²) in [6.07, 6.45) is 2.65. The van der Waals surface area contributed by atoms with E-state index in [1.54, 1.807) is 13.2 Å². The predicted octanol–water partition coefficient (Wildman–Crippen LogP) is 5.74. The number of hydrogen-bond acceptors (Lipinski definition) is 6. The largest absolute Gasteiger partial charge is 0.493 e. The highest BCUT2D eigenvalue weighted by Gasteiger charge is 2.25. The number of halogens is 1. The standard InChI is InChI=1S/C30H27FN4O4/c1-16(2)27-23(35-11-5-6-24(37-4)29(35)32-27)13-18-7-9-21-19(12-18)15-38-25-14-20(31)8-10-22(25)26(21)17(3)28-33-30(36)39-34-28/h5-12,14,16H,13,15H2,1-4H3,(H,33,34,36). The van der Waals surface area contributed by atoms with Crippen LogP contribution in [0.2, 0.25) is 0 Å². The minimum Gasteiger partial charge on any atom is -0.493 e. The van der Waals surface area contributed by atoms with Crippen molar-refractivity contribution in [2.24, 2.45) is 0 Å². The molecule has 0 amide bonds. The number of ether oxygens (including phenoxy) is 2. The number of pyridine rings is 1. The Balaban J connectivity index is 1.49. The molecule has 0 fully saturated rings. The lowest BCUT2D eigenvalue weighted by Gasteiger charge is -2.15. The number of aromatic amines is 1. The lowest BCUT2D eigenvalue weighted by molar-refractivity contribution is 0.305. The lowest BCUT2D eigenvalue weighted by atomic mass is 9.89. The fourth-order valence-electron chi connectivity index (χ4n) is 5.26. The van der Waals surface area contributed by atoms with Crippen LogP contribution >= 0.6 is 0 Å². The first-order chi connectivity index (χ1) is 18.8. The Bertz CT molecular complexity index is 1810. The van der Waals surface area contributed by atoms with Gasteiger partial charge in [-0.05, 0) is 59.4 Å². The van der Waals surface area contributed by atoms with Crippen LogP contribution in [0, 0.1) is 5.82 Å². The molecule has 0 aliphatic carbocycles. The highest BCUT2D eigenvalue weighted by molar-refractivity contribution is 5.99. The first kappa shape index (κ1) is 24.7. The number of methoxy groups -OCH3 is 1. The van der Waals surface area contributed by atoms with Gasteiger partial charge in [0.1, 0.15) is 18.2 Å². The smallest absolute Gasteiger partial charge is 0.439 e. The summed E-state index contributed by atoms with van der Waals surface area (Å²) in [5.41, 5.74) is 7.99. The molecule has 0 saturated carbocycles. The van der Waals surface area contributed by atoms with Crippen LogP contribution < -0.4 is 15.2 Å². The van der Waals surface area contributed by atoms with Crippen molar-refractivity contribution in [2.45, 2.75) is 39.7 Å². The first-order valence-corrected chi connectivity index (χ1v) is 12.7. The summed E-state index contributed by atoms with van der Waals surface area (Å²) in [5, 5.41) is 3.89. The summed E-state index contributed by atoms with van der Waals surface area (Å²) in [7, 11) is 1.65. The third kappa shape index (κ3) is 4.29. The summed E-state index contributed by atoms with van der Waals surface area (Å²) in [6, 6.07) is 14.6. The van der Waals surface area contributed by atoms with Gasteiger partial charge < -0.3 is 13.9 Å². The van der Waals surface area contributed by atoms with Gasteiger partial charge in [-0.3, -0.25) is 9.51 Å². The molecule has 3 aromatic heterocycles. The second-order valence-corrected chi connectivity index (χ2v) is 9.91. The maximum absolute atomic E-state index is 14.2. The summed E-state index contributed by atoms with van der Waals surface area (Å²) in [5.74, 6) is 0.640. The van der Waals surface area contributed by atoms with Crippen molar-refractivity contribution in [3.63, 3.8) is 0 Å². The van der Waals surface area contributed by atoms with Crippen LogP contribution in [0.25, 0.3) is 16.8 Å². The third-order valence-corrected chi connectivity index (χ3v) is 7.09. The van der Waals surface area contributed by atoms with Crippen molar-refractivity contribution in [2.75, 3.05) is 7.11 Å². The summed E-state index contributed by atoms with van der Waals surface area (Å²) < 4.78 is 32.7. The van der Waals surface area contributed by atoms with Crippen molar-refractivity contribution < 1.29 is 18.4 Å². The zero-order valence-corrected chi connectivity index (χ0v) is 22.0. The molecule has 0 saturated heterocycles. The number of fused-ring (bicyclic) bond motifs is 3. The molecule has 2 aromatic carbocycles. The van der Waals surface area contributed by atoms with Crippen LogP contribution in [0.4, 0.5) is 4.39 Å². The quantitative estimate of drug-likeness (QED) is 0.314. The van der Waals surface area contributed by atoms with Crippen molar-refractivity contribution in [1.82, 2.24) is 19.5 Å². The van der Waals surface area contributed by atoms with Crippen molar-refractivity contribution >= 4 is 16.8 Å². The molecule has 39 heavy (non-hydrogen) atoms. The molecular weight excluding hydrogens is 499 g/mol. The number of aromatic nitrogens is 4. The van der Waals surface area contributed by atoms with Crippen molar-refractivity contribution in [1.29, 1.82) is 0 Å². The van der Waals surface area contributed by atoms with Gasteiger partial charge in [0.15, 0.2) is 17.2 Å². The number of hydrogen-bond donors (Lipinski definition) is 1. The van der Waals surface area contributed by atoms with E-state index in [4.69, 9.17) is 19.0 Å². The Morgan fingerprint density at radius 3 is 2.74 bits per heavy atom. The fraction of sp³-hybridized carbons (Fsp3) is 0.233. The zero-order chi connectivity index (χ0) is 27.3.